The molecule has 1 unspecified atom stereocenters. The highest BCUT2D eigenvalue weighted by molar-refractivity contribution is 7.88. The summed E-state index contributed by atoms with van der Waals surface area (Å²) in [7, 11) is -3.62. The molecule has 0 bridgehead atoms. The molecule has 12 nitrogen and oxygen atoms in total. The molecule has 1 saturated heterocycles. The Morgan fingerprint density at radius 1 is 1.06 bits per heavy atom. The van der Waals surface area contributed by atoms with Crippen molar-refractivity contribution in [2.45, 2.75) is 57.2 Å². The van der Waals surface area contributed by atoms with E-state index in [0.717, 1.165) is 24.5 Å². The van der Waals surface area contributed by atoms with Gasteiger partial charge in [0.25, 0.3) is 5.91 Å². The van der Waals surface area contributed by atoms with Gasteiger partial charge in [0, 0.05) is 74.1 Å². The van der Waals surface area contributed by atoms with Gasteiger partial charge in [0.2, 0.25) is 10.0 Å². The lowest BCUT2D eigenvalue weighted by Gasteiger charge is -2.33. The Morgan fingerprint density at radius 3 is 2.38 bits per heavy atom. The van der Waals surface area contributed by atoms with Gasteiger partial charge in [0.05, 0.1) is 30.2 Å². The SMILES string of the molecule is CS(=O)(=O)N1CCc2c(c(-c3ccc(C(F)(F)F)c(CNC(=O)c4ccc(F)cc4)c3)nn2CC(O)CN2CCC(NC(=O)O)CC2)C1. The Labute approximate surface area is 274 Å². The topological polar surface area (TPSA) is 157 Å². The Kier molecular flexibility index (Phi) is 10.4. The minimum Gasteiger partial charge on any atom is -0.465 e. The number of aliphatic hydroxyl groups excluding tert-OH is 1. The molecule has 2 aliphatic rings. The third-order valence-electron chi connectivity index (χ3n) is 8.57. The van der Waals surface area contributed by atoms with Crippen molar-refractivity contribution in [1.82, 2.24) is 29.6 Å². The summed E-state index contributed by atoms with van der Waals surface area (Å²) in [4.78, 5) is 25.6. The van der Waals surface area contributed by atoms with E-state index in [1.807, 2.05) is 4.90 Å². The number of fused-ring (bicyclic) bond motifs is 1. The molecule has 48 heavy (non-hydrogen) atoms. The van der Waals surface area contributed by atoms with Gasteiger partial charge in [-0.2, -0.15) is 22.6 Å². The lowest BCUT2D eigenvalue weighted by molar-refractivity contribution is -0.138. The van der Waals surface area contributed by atoms with Crippen LogP contribution in [0.15, 0.2) is 42.5 Å². The molecule has 3 heterocycles. The van der Waals surface area contributed by atoms with Crippen LogP contribution in [-0.4, -0.2) is 94.2 Å². The number of alkyl halides is 3. The molecule has 0 aliphatic carbocycles. The molecule has 4 N–H and O–H groups in total. The maximum Gasteiger partial charge on any atom is 0.416 e. The number of benzene rings is 2. The Balaban J connectivity index is 1.41. The highest BCUT2D eigenvalue weighted by atomic mass is 32.2. The first-order valence-electron chi connectivity index (χ1n) is 15.3. The quantitative estimate of drug-likeness (QED) is 0.236. The van der Waals surface area contributed by atoms with Gasteiger partial charge in [-0.05, 0) is 54.8 Å². The number of amides is 2. The van der Waals surface area contributed by atoms with Gasteiger partial charge in [0.15, 0.2) is 0 Å². The lowest BCUT2D eigenvalue weighted by Crippen LogP contribution is -2.46. The predicted molar refractivity (Wildman–Crippen MR) is 166 cm³/mol. The maximum absolute atomic E-state index is 14.0. The van der Waals surface area contributed by atoms with Crippen LogP contribution in [0.1, 0.15) is 45.6 Å². The average Bonchev–Trinajstić information content (AvgIpc) is 3.37. The second-order valence-corrected chi connectivity index (χ2v) is 14.0. The van der Waals surface area contributed by atoms with Crippen molar-refractivity contribution in [2.75, 3.05) is 32.4 Å². The summed E-state index contributed by atoms with van der Waals surface area (Å²) in [5.74, 6) is -1.27. The fourth-order valence-corrected chi connectivity index (χ4v) is 6.95. The van der Waals surface area contributed by atoms with Crippen molar-refractivity contribution < 1.29 is 45.8 Å². The number of likely N-dealkylation sites (tertiary alicyclic amines) is 1. The van der Waals surface area contributed by atoms with Crippen LogP contribution in [0.2, 0.25) is 0 Å². The van der Waals surface area contributed by atoms with E-state index in [4.69, 9.17) is 5.11 Å². The highest BCUT2D eigenvalue weighted by Gasteiger charge is 2.35. The molecule has 3 aromatic rings. The van der Waals surface area contributed by atoms with E-state index in [1.165, 1.54) is 28.6 Å². The molecule has 17 heteroatoms. The first-order valence-corrected chi connectivity index (χ1v) is 17.1. The summed E-state index contributed by atoms with van der Waals surface area (Å²) >= 11 is 0. The van der Waals surface area contributed by atoms with E-state index in [2.05, 4.69) is 15.7 Å². The average molecular weight is 697 g/mol. The molecule has 1 atom stereocenters. The number of hydrogen-bond donors (Lipinski definition) is 4. The zero-order chi connectivity index (χ0) is 34.8. The minimum atomic E-state index is -4.75. The molecule has 0 radical (unpaired) electrons. The van der Waals surface area contributed by atoms with Gasteiger partial charge in [-0.3, -0.25) is 9.48 Å². The molecule has 1 aromatic heterocycles. The summed E-state index contributed by atoms with van der Waals surface area (Å²) < 4.78 is 83.1. The number of piperidine rings is 1. The zero-order valence-corrected chi connectivity index (χ0v) is 26.8. The molecule has 2 amide bonds. The summed E-state index contributed by atoms with van der Waals surface area (Å²) in [5.41, 5.74) is 0.507. The molecule has 2 aliphatic heterocycles. The van der Waals surface area contributed by atoms with Crippen molar-refractivity contribution in [3.63, 3.8) is 0 Å². The largest absolute Gasteiger partial charge is 0.465 e. The number of carbonyl (C=O) groups is 2. The normalized spacial score (nSPS) is 17.1. The minimum absolute atomic E-state index is 0.0374. The first-order chi connectivity index (χ1) is 22.6. The summed E-state index contributed by atoms with van der Waals surface area (Å²) in [5, 5.41) is 29.6. The summed E-state index contributed by atoms with van der Waals surface area (Å²) in [6.45, 7) is 1.04. The Bertz CT molecular complexity index is 1760. The summed E-state index contributed by atoms with van der Waals surface area (Å²) in [6.07, 6.45) is -4.23. The second-order valence-electron chi connectivity index (χ2n) is 12.0. The van der Waals surface area contributed by atoms with Gasteiger partial charge in [0.1, 0.15) is 5.82 Å². The highest BCUT2D eigenvalue weighted by Crippen LogP contribution is 2.37. The molecule has 5 rings (SSSR count). The van der Waals surface area contributed by atoms with Crippen molar-refractivity contribution in [1.29, 1.82) is 0 Å². The van der Waals surface area contributed by atoms with Gasteiger partial charge in [-0.25, -0.2) is 17.6 Å². The number of rotatable bonds is 10. The monoisotopic (exact) mass is 696 g/mol. The maximum atomic E-state index is 14.0. The number of carbonyl (C=O) groups excluding carboxylic acids is 1. The van der Waals surface area contributed by atoms with Gasteiger partial charge in [-0.15, -0.1) is 0 Å². The van der Waals surface area contributed by atoms with Crippen molar-refractivity contribution >= 4 is 22.0 Å². The van der Waals surface area contributed by atoms with Crippen LogP contribution < -0.4 is 10.6 Å². The molecule has 260 valence electrons. The van der Waals surface area contributed by atoms with Crippen LogP contribution in [0.3, 0.4) is 0 Å². The van der Waals surface area contributed by atoms with Crippen LogP contribution in [0.5, 0.6) is 0 Å². The van der Waals surface area contributed by atoms with Crippen LogP contribution in [0.4, 0.5) is 22.4 Å². The number of nitrogens with zero attached hydrogens (tertiary/aromatic N) is 4. The third-order valence-corrected chi connectivity index (χ3v) is 9.82. The predicted octanol–water partition coefficient (Wildman–Crippen LogP) is 3.05. The third kappa shape index (κ3) is 8.50. The van der Waals surface area contributed by atoms with Crippen molar-refractivity contribution in [3.8, 4) is 11.3 Å². The fourth-order valence-electron chi connectivity index (χ4n) is 6.16. The van der Waals surface area contributed by atoms with E-state index in [9.17, 15) is 40.7 Å². The van der Waals surface area contributed by atoms with Crippen molar-refractivity contribution in [3.05, 3.63) is 76.2 Å². The van der Waals surface area contributed by atoms with Crippen LogP contribution in [-0.2, 0) is 42.3 Å². The lowest BCUT2D eigenvalue weighted by atomic mass is 9.97. The first kappa shape index (κ1) is 35.3. The smallest absolute Gasteiger partial charge is 0.416 e. The van der Waals surface area contributed by atoms with E-state index in [1.54, 1.807) is 4.68 Å². The standard InChI is InChI=1S/C31H36F4N6O6S/c1-48(46,47)40-13-10-27-25(18-40)28(38-41(27)17-24(42)16-39-11-8-23(9-12-39)37-30(44)45)20-4-7-26(31(33,34)35)21(14-20)15-36-29(43)19-2-5-22(32)6-3-19/h2-7,14,23-24,37,42H,8-13,15-18H2,1H3,(H,36,43)(H,44,45). The molecular formula is C31H36F4N6O6S. The number of nitrogens with one attached hydrogen (secondary N) is 2. The molecule has 0 saturated carbocycles. The van der Waals surface area contributed by atoms with Crippen molar-refractivity contribution in [2.24, 2.45) is 0 Å². The second kappa shape index (κ2) is 14.2. The zero-order valence-electron chi connectivity index (χ0n) is 26.0. The molecular weight excluding hydrogens is 660 g/mol. The van der Waals surface area contributed by atoms with Crippen LogP contribution in [0.25, 0.3) is 11.3 Å². The number of aliphatic hydroxyl groups is 1. The number of sulfonamides is 1. The number of carboxylic acid groups (broad SMARTS) is 1. The molecule has 0 spiro atoms. The number of hydrogen-bond acceptors (Lipinski definition) is 7. The van der Waals surface area contributed by atoms with Crippen LogP contribution in [0, 0.1) is 5.82 Å². The Hall–Kier alpha value is -4.06. The van der Waals surface area contributed by atoms with Gasteiger partial charge < -0.3 is 25.7 Å². The number of β-amino-alcohol motifs (C(OH)–C–C–N with tert-alkyl or cyclic N) is 1. The van der Waals surface area contributed by atoms with E-state index in [-0.39, 0.29) is 61.0 Å². The fraction of sp³-hybridized carbons (Fsp3) is 0.452. The van der Waals surface area contributed by atoms with E-state index < -0.39 is 52.2 Å². The Morgan fingerprint density at radius 2 is 1.75 bits per heavy atom. The van der Waals surface area contributed by atoms with E-state index in [0.29, 0.717) is 37.2 Å². The summed E-state index contributed by atoms with van der Waals surface area (Å²) in [6, 6.07) is 7.77. The number of halogens is 4. The van der Waals surface area contributed by atoms with Crippen LogP contribution >= 0.6 is 0 Å². The van der Waals surface area contributed by atoms with Gasteiger partial charge >= 0.3 is 12.3 Å². The number of aromatic nitrogens is 2. The molecule has 1 fully saturated rings. The van der Waals surface area contributed by atoms with Gasteiger partial charge in [-0.1, -0.05) is 6.07 Å². The van der Waals surface area contributed by atoms with E-state index >= 15 is 0 Å². The molecule has 2 aromatic carbocycles.